The van der Waals surface area contributed by atoms with Gasteiger partial charge in [-0.3, -0.25) is 0 Å². The number of nitrogens with two attached hydrogens (primary N) is 1. The Bertz CT molecular complexity index is 895. The van der Waals surface area contributed by atoms with Crippen molar-refractivity contribution in [3.8, 4) is 11.5 Å². The van der Waals surface area contributed by atoms with Crippen LogP contribution in [0.3, 0.4) is 0 Å². The molecule has 0 radical (unpaired) electrons. The summed E-state index contributed by atoms with van der Waals surface area (Å²) in [6.07, 6.45) is 0. The lowest BCUT2D eigenvalue weighted by molar-refractivity contribution is 0.0527. The van der Waals surface area contributed by atoms with Crippen LogP contribution in [0, 0.1) is 0 Å². The summed E-state index contributed by atoms with van der Waals surface area (Å²) in [6.45, 7) is 2.06. The van der Waals surface area contributed by atoms with Gasteiger partial charge in [-0.15, -0.1) is 0 Å². The van der Waals surface area contributed by atoms with Gasteiger partial charge in [-0.1, -0.05) is 30.3 Å². The number of para-hydroxylation sites is 3. The third-order valence-electron chi connectivity index (χ3n) is 3.67. The molecule has 0 spiro atoms. The van der Waals surface area contributed by atoms with Gasteiger partial charge in [-0.25, -0.2) is 4.79 Å². The molecular formula is C21H20N2O3. The number of carbonyl (C=O) groups is 1. The lowest BCUT2D eigenvalue weighted by Gasteiger charge is -2.15. The highest BCUT2D eigenvalue weighted by molar-refractivity contribution is 5.97. The van der Waals surface area contributed by atoms with E-state index in [0.29, 0.717) is 29.3 Å². The molecule has 3 aromatic carbocycles. The van der Waals surface area contributed by atoms with Gasteiger partial charge < -0.3 is 20.5 Å². The topological polar surface area (TPSA) is 73.6 Å². The van der Waals surface area contributed by atoms with Crippen LogP contribution in [0.1, 0.15) is 17.3 Å². The third-order valence-corrected chi connectivity index (χ3v) is 3.67. The maximum absolute atomic E-state index is 12.2. The summed E-state index contributed by atoms with van der Waals surface area (Å²) in [5.74, 6) is 0.943. The van der Waals surface area contributed by atoms with Gasteiger partial charge in [-0.2, -0.15) is 0 Å². The SMILES string of the molecule is CCOC(=O)c1cc(N)ccc1Nc1ccccc1Oc1ccccc1. The van der Waals surface area contributed by atoms with E-state index >= 15 is 0 Å². The first-order valence-corrected chi connectivity index (χ1v) is 8.33. The largest absolute Gasteiger partial charge is 0.462 e. The fraction of sp³-hybridized carbons (Fsp3) is 0.0952. The van der Waals surface area contributed by atoms with Crippen molar-refractivity contribution in [2.75, 3.05) is 17.7 Å². The van der Waals surface area contributed by atoms with E-state index in [4.69, 9.17) is 15.2 Å². The Morgan fingerprint density at radius 1 is 0.962 bits per heavy atom. The van der Waals surface area contributed by atoms with Crippen molar-refractivity contribution in [1.29, 1.82) is 0 Å². The van der Waals surface area contributed by atoms with Gasteiger partial charge in [0.2, 0.25) is 0 Å². The number of benzene rings is 3. The Labute approximate surface area is 152 Å². The predicted octanol–water partition coefficient (Wildman–Crippen LogP) is 4.98. The summed E-state index contributed by atoms with van der Waals surface area (Å²) in [4.78, 5) is 12.2. The summed E-state index contributed by atoms with van der Waals surface area (Å²) in [7, 11) is 0. The quantitative estimate of drug-likeness (QED) is 0.485. The minimum atomic E-state index is -0.427. The van der Waals surface area contributed by atoms with Crippen LogP contribution in [-0.2, 0) is 4.74 Å². The molecule has 0 atom stereocenters. The van der Waals surface area contributed by atoms with E-state index in [2.05, 4.69) is 5.32 Å². The second-order valence-corrected chi connectivity index (χ2v) is 5.56. The van der Waals surface area contributed by atoms with E-state index in [-0.39, 0.29) is 0 Å². The molecule has 0 aliphatic rings. The number of anilines is 3. The van der Waals surface area contributed by atoms with Crippen LogP contribution in [0.25, 0.3) is 0 Å². The highest BCUT2D eigenvalue weighted by atomic mass is 16.5. The van der Waals surface area contributed by atoms with Crippen molar-refractivity contribution in [2.24, 2.45) is 0 Å². The molecule has 0 bridgehead atoms. The molecule has 3 aromatic rings. The first-order valence-electron chi connectivity index (χ1n) is 8.33. The van der Waals surface area contributed by atoms with Crippen LogP contribution in [-0.4, -0.2) is 12.6 Å². The molecule has 0 aromatic heterocycles. The van der Waals surface area contributed by atoms with Gasteiger partial charge in [-0.05, 0) is 49.4 Å². The van der Waals surface area contributed by atoms with Crippen LogP contribution in [0.2, 0.25) is 0 Å². The number of nitrogen functional groups attached to an aromatic ring is 1. The number of rotatable bonds is 6. The van der Waals surface area contributed by atoms with E-state index in [0.717, 1.165) is 11.4 Å². The van der Waals surface area contributed by atoms with Crippen molar-refractivity contribution in [2.45, 2.75) is 6.92 Å². The second kappa shape index (κ2) is 8.07. The number of carbonyl (C=O) groups excluding carboxylic acids is 1. The highest BCUT2D eigenvalue weighted by Gasteiger charge is 2.15. The molecular weight excluding hydrogens is 328 g/mol. The average Bonchev–Trinajstić information content (AvgIpc) is 2.66. The minimum absolute atomic E-state index is 0.292. The van der Waals surface area contributed by atoms with Crippen molar-refractivity contribution in [1.82, 2.24) is 0 Å². The van der Waals surface area contributed by atoms with Crippen LogP contribution in [0.15, 0.2) is 72.8 Å². The van der Waals surface area contributed by atoms with Crippen molar-refractivity contribution >= 4 is 23.0 Å². The zero-order valence-corrected chi connectivity index (χ0v) is 14.4. The number of hydrogen-bond donors (Lipinski definition) is 2. The molecule has 26 heavy (non-hydrogen) atoms. The zero-order chi connectivity index (χ0) is 18.4. The van der Waals surface area contributed by atoms with Gasteiger partial charge in [0, 0.05) is 5.69 Å². The lowest BCUT2D eigenvalue weighted by atomic mass is 10.1. The normalized spacial score (nSPS) is 10.2. The molecule has 0 saturated carbocycles. The first kappa shape index (κ1) is 17.4. The van der Waals surface area contributed by atoms with E-state index in [1.807, 2.05) is 54.6 Å². The summed E-state index contributed by atoms with van der Waals surface area (Å²) in [5, 5.41) is 3.25. The van der Waals surface area contributed by atoms with Crippen molar-refractivity contribution in [3.63, 3.8) is 0 Å². The Hall–Kier alpha value is -3.47. The molecule has 5 nitrogen and oxygen atoms in total. The Morgan fingerprint density at radius 3 is 2.46 bits per heavy atom. The molecule has 0 aliphatic heterocycles. The maximum atomic E-state index is 12.2. The predicted molar refractivity (Wildman–Crippen MR) is 103 cm³/mol. The second-order valence-electron chi connectivity index (χ2n) is 5.56. The molecule has 0 heterocycles. The summed E-state index contributed by atoms with van der Waals surface area (Å²) in [6, 6.07) is 22.1. The van der Waals surface area contributed by atoms with Crippen LogP contribution in [0.4, 0.5) is 17.1 Å². The molecule has 3 rings (SSSR count). The Morgan fingerprint density at radius 2 is 1.69 bits per heavy atom. The van der Waals surface area contributed by atoms with Gasteiger partial charge >= 0.3 is 5.97 Å². The number of ether oxygens (including phenoxy) is 2. The summed E-state index contributed by atoms with van der Waals surface area (Å²) in [5.41, 5.74) is 8.02. The standard InChI is InChI=1S/C21H20N2O3/c1-2-25-21(24)17-14-15(22)12-13-18(17)23-19-10-6-7-11-20(19)26-16-8-4-3-5-9-16/h3-14,23H,2,22H2,1H3. The molecule has 5 heteroatoms. The monoisotopic (exact) mass is 348 g/mol. The molecule has 0 unspecified atom stereocenters. The molecule has 132 valence electrons. The molecule has 0 amide bonds. The first-order chi connectivity index (χ1) is 12.7. The fourth-order valence-electron chi connectivity index (χ4n) is 2.47. The van der Waals surface area contributed by atoms with E-state index in [1.54, 1.807) is 25.1 Å². The smallest absolute Gasteiger partial charge is 0.340 e. The Kier molecular flexibility index (Phi) is 5.39. The van der Waals surface area contributed by atoms with Crippen LogP contribution >= 0.6 is 0 Å². The Balaban J connectivity index is 1.91. The minimum Gasteiger partial charge on any atom is -0.462 e. The van der Waals surface area contributed by atoms with E-state index in [1.165, 1.54) is 0 Å². The third kappa shape index (κ3) is 4.13. The zero-order valence-electron chi connectivity index (χ0n) is 14.4. The van der Waals surface area contributed by atoms with Gasteiger partial charge in [0.05, 0.1) is 23.5 Å². The number of esters is 1. The summed E-state index contributed by atoms with van der Waals surface area (Å²) >= 11 is 0. The van der Waals surface area contributed by atoms with E-state index < -0.39 is 5.97 Å². The molecule has 0 saturated heterocycles. The number of hydrogen-bond acceptors (Lipinski definition) is 5. The summed E-state index contributed by atoms with van der Waals surface area (Å²) < 4.78 is 11.1. The average molecular weight is 348 g/mol. The van der Waals surface area contributed by atoms with E-state index in [9.17, 15) is 4.79 Å². The fourth-order valence-corrected chi connectivity index (χ4v) is 2.47. The van der Waals surface area contributed by atoms with Crippen molar-refractivity contribution in [3.05, 3.63) is 78.4 Å². The number of nitrogens with one attached hydrogen (secondary N) is 1. The molecule has 0 fully saturated rings. The maximum Gasteiger partial charge on any atom is 0.340 e. The molecule has 3 N–H and O–H groups in total. The van der Waals surface area contributed by atoms with Crippen LogP contribution in [0.5, 0.6) is 11.5 Å². The lowest BCUT2D eigenvalue weighted by Crippen LogP contribution is -2.09. The van der Waals surface area contributed by atoms with Crippen LogP contribution < -0.4 is 15.8 Å². The highest BCUT2D eigenvalue weighted by Crippen LogP contribution is 2.33. The van der Waals surface area contributed by atoms with Gasteiger partial charge in [0.1, 0.15) is 5.75 Å². The molecule has 0 aliphatic carbocycles. The van der Waals surface area contributed by atoms with Gasteiger partial charge in [0.15, 0.2) is 5.75 Å². The van der Waals surface area contributed by atoms with Crippen molar-refractivity contribution < 1.29 is 14.3 Å². The van der Waals surface area contributed by atoms with Gasteiger partial charge in [0.25, 0.3) is 0 Å².